The molecule has 0 saturated heterocycles. The summed E-state index contributed by atoms with van der Waals surface area (Å²) in [6.07, 6.45) is 0.630. The number of anilines is 4. The predicted octanol–water partition coefficient (Wildman–Crippen LogP) is 14.0. The van der Waals surface area contributed by atoms with E-state index in [4.69, 9.17) is 0 Å². The van der Waals surface area contributed by atoms with Crippen LogP contribution in [0, 0.1) is 34.6 Å². The van der Waals surface area contributed by atoms with Crippen LogP contribution in [0.15, 0.2) is 238 Å². The van der Waals surface area contributed by atoms with Crippen molar-refractivity contribution < 1.29 is 38.5 Å². The summed E-state index contributed by atoms with van der Waals surface area (Å²) in [6.45, 7) is 10.9. The van der Waals surface area contributed by atoms with Gasteiger partial charge in [0.25, 0.3) is 40.1 Å². The maximum atomic E-state index is 12.7. The SMILES string of the molecule is Cc1ccc(S(=O)(=O)Nc2cccc3ccc(C)nc23)cc1.Cc1ccc(S(=O)(=O)Nc2cccc3ccc(C=O)nc23)cc1.Cc1ccc(S(=O)(=O)Nc2cccc3ccc(CN(C)C)nc23)cc1.Cc1ccc(S(=O)(=O)Nc2cccc3ccc(CN(C)C)nc23)cc1.Cl. The van der Waals surface area contributed by atoms with Gasteiger partial charge in [0.15, 0.2) is 6.29 Å². The monoisotopic (exact) mass is 1380 g/mol. The predicted molar refractivity (Wildman–Crippen MR) is 387 cm³/mol. The van der Waals surface area contributed by atoms with E-state index in [1.165, 1.54) is 0 Å². The highest BCUT2D eigenvalue weighted by atomic mass is 35.5. The fourth-order valence-corrected chi connectivity index (χ4v) is 14.0. The summed E-state index contributed by atoms with van der Waals surface area (Å²) in [7, 11) is -6.78. The van der Waals surface area contributed by atoms with Gasteiger partial charge in [0.2, 0.25) is 0 Å². The zero-order valence-electron chi connectivity index (χ0n) is 54.2. The second-order valence-corrected chi connectivity index (χ2v) is 29.8. The highest BCUT2D eigenvalue weighted by Crippen LogP contribution is 2.30. The standard InChI is InChI=1S/2C19H21N3O2S.C17H14N2O3S.C17H16N2O2S.ClH/c2*1-14-7-11-17(12-8-14)25(23,24)21-18-6-4-5-15-9-10-16(13-22(2)3)20-19(15)18;1-12-5-9-15(10-6-12)23(21,22)19-16-4-2-3-13-7-8-14(11-20)18-17(13)16;1-12-6-10-15(11-7-12)22(20,21)19-16-5-3-4-14-9-8-13(2)18-17(14)16;/h2*4-12,21H,13H2,1-3H3;2-11,19H,1H3;3-11,19H,1-2H3;1H. The minimum absolute atomic E-state index is 0. The number of fused-ring (bicyclic) bond motifs is 4. The molecular formula is C72H73ClN10O9S4. The van der Waals surface area contributed by atoms with E-state index in [2.05, 4.69) is 38.8 Å². The number of aldehydes is 1. The third-order valence-corrected chi connectivity index (χ3v) is 20.1. The summed E-state index contributed by atoms with van der Waals surface area (Å²) in [5, 5.41) is 3.44. The highest BCUT2D eigenvalue weighted by Gasteiger charge is 2.21. The van der Waals surface area contributed by atoms with E-state index in [0.29, 0.717) is 64.2 Å². The van der Waals surface area contributed by atoms with E-state index in [1.807, 2.05) is 145 Å². The summed E-state index contributed by atoms with van der Waals surface area (Å²) in [4.78, 5) is 33.7. The lowest BCUT2D eigenvalue weighted by atomic mass is 10.2. The number of sulfonamides is 4. The molecule has 0 spiro atoms. The fourth-order valence-electron chi connectivity index (χ4n) is 9.69. The number of nitrogens with one attached hydrogen (secondary N) is 4. The molecule has 0 bridgehead atoms. The molecule has 8 aromatic carbocycles. The second kappa shape index (κ2) is 31.2. The third kappa shape index (κ3) is 18.8. The van der Waals surface area contributed by atoms with Crippen molar-refractivity contribution in [1.82, 2.24) is 29.7 Å². The van der Waals surface area contributed by atoms with Crippen LogP contribution >= 0.6 is 12.4 Å². The molecule has 96 heavy (non-hydrogen) atoms. The topological polar surface area (TPSA) is 260 Å². The molecule has 0 radical (unpaired) electrons. The number of nitrogens with zero attached hydrogens (tertiary/aromatic N) is 6. The molecule has 4 aromatic heterocycles. The Labute approximate surface area is 567 Å². The molecule has 12 aromatic rings. The summed E-state index contributed by atoms with van der Waals surface area (Å²) in [5.74, 6) is 0. The average Bonchev–Trinajstić information content (AvgIpc) is 0.820. The molecule has 19 nitrogen and oxygen atoms in total. The van der Waals surface area contributed by atoms with Gasteiger partial charge in [-0.2, -0.15) is 0 Å². The molecule has 0 aliphatic rings. The van der Waals surface area contributed by atoms with Crippen LogP contribution in [0.2, 0.25) is 0 Å². The van der Waals surface area contributed by atoms with Gasteiger partial charge in [-0.3, -0.25) is 28.7 Å². The van der Waals surface area contributed by atoms with Gasteiger partial charge in [-0.25, -0.2) is 48.6 Å². The molecule has 0 atom stereocenters. The first-order chi connectivity index (χ1) is 45.1. The number of pyridine rings is 4. The zero-order valence-corrected chi connectivity index (χ0v) is 58.3. The minimum Gasteiger partial charge on any atom is -0.304 e. The molecule has 0 amide bonds. The van der Waals surface area contributed by atoms with Crippen LogP contribution in [0.5, 0.6) is 0 Å². The Balaban J connectivity index is 0.000000163. The molecular weight excluding hydrogens is 1310 g/mol. The lowest BCUT2D eigenvalue weighted by molar-refractivity contribution is 0.111. The maximum absolute atomic E-state index is 12.7. The molecule has 0 aliphatic carbocycles. The van der Waals surface area contributed by atoms with Crippen molar-refractivity contribution in [3.05, 3.63) is 263 Å². The van der Waals surface area contributed by atoms with Crippen LogP contribution in [0.1, 0.15) is 49.8 Å². The molecule has 12 rings (SSSR count). The molecule has 0 fully saturated rings. The van der Waals surface area contributed by atoms with Crippen LogP contribution in [-0.4, -0.2) is 97.9 Å². The van der Waals surface area contributed by atoms with E-state index < -0.39 is 40.1 Å². The van der Waals surface area contributed by atoms with Crippen molar-refractivity contribution in [2.75, 3.05) is 47.1 Å². The Morgan fingerprint density at radius 2 is 0.583 bits per heavy atom. The Morgan fingerprint density at radius 1 is 0.323 bits per heavy atom. The number of aryl methyl sites for hydroxylation is 5. The number of halogens is 1. The molecule has 4 heterocycles. The first-order valence-electron chi connectivity index (χ1n) is 29.8. The molecule has 0 unspecified atom stereocenters. The van der Waals surface area contributed by atoms with Crippen molar-refractivity contribution >= 4 is 125 Å². The molecule has 496 valence electrons. The van der Waals surface area contributed by atoms with Gasteiger partial charge in [0, 0.05) is 40.3 Å². The molecule has 0 saturated carbocycles. The van der Waals surface area contributed by atoms with E-state index in [-0.39, 0.29) is 37.7 Å². The number of aromatic nitrogens is 4. The Kier molecular flexibility index (Phi) is 23.5. The Hall–Kier alpha value is -9.72. The summed E-state index contributed by atoms with van der Waals surface area (Å²) >= 11 is 0. The van der Waals surface area contributed by atoms with Gasteiger partial charge in [0.05, 0.1) is 75.8 Å². The van der Waals surface area contributed by atoms with Gasteiger partial charge in [-0.05, 0) is 160 Å². The van der Waals surface area contributed by atoms with Crippen LogP contribution in [0.25, 0.3) is 43.6 Å². The zero-order chi connectivity index (χ0) is 68.2. The Bertz CT molecular complexity index is 5060. The molecule has 0 aliphatic heterocycles. The lowest BCUT2D eigenvalue weighted by Crippen LogP contribution is -2.14. The first kappa shape index (κ1) is 72.1. The number of hydrogen-bond donors (Lipinski definition) is 4. The van der Waals surface area contributed by atoms with Gasteiger partial charge >= 0.3 is 0 Å². The van der Waals surface area contributed by atoms with Crippen molar-refractivity contribution in [2.45, 2.75) is 67.3 Å². The van der Waals surface area contributed by atoms with Gasteiger partial charge in [0.1, 0.15) is 5.69 Å². The van der Waals surface area contributed by atoms with E-state index in [9.17, 15) is 38.5 Å². The number of benzene rings is 8. The quantitative estimate of drug-likeness (QED) is 0.0618. The van der Waals surface area contributed by atoms with Crippen LogP contribution in [0.3, 0.4) is 0 Å². The van der Waals surface area contributed by atoms with Crippen LogP contribution in [0.4, 0.5) is 22.7 Å². The van der Waals surface area contributed by atoms with E-state index in [0.717, 1.165) is 60.9 Å². The van der Waals surface area contributed by atoms with Crippen molar-refractivity contribution in [2.24, 2.45) is 0 Å². The maximum Gasteiger partial charge on any atom is 0.261 e. The number of rotatable bonds is 17. The summed E-state index contributed by atoms with van der Waals surface area (Å²) in [5.41, 5.74) is 11.1. The number of hydrogen-bond acceptors (Lipinski definition) is 15. The molecule has 4 N–H and O–H groups in total. The third-order valence-electron chi connectivity index (χ3n) is 14.5. The Morgan fingerprint density at radius 3 is 0.865 bits per heavy atom. The largest absolute Gasteiger partial charge is 0.304 e. The fraction of sp³-hybridized carbons (Fsp3) is 0.153. The number of carbonyl (C=O) groups is 1. The van der Waals surface area contributed by atoms with E-state index >= 15 is 0 Å². The smallest absolute Gasteiger partial charge is 0.261 e. The summed E-state index contributed by atoms with van der Waals surface area (Å²) < 4.78 is 111. The van der Waals surface area contributed by atoms with Gasteiger partial charge in [-0.1, -0.05) is 144 Å². The lowest BCUT2D eigenvalue weighted by Gasteiger charge is -2.13. The van der Waals surface area contributed by atoms with Crippen LogP contribution in [-0.2, 0) is 53.2 Å². The van der Waals surface area contributed by atoms with E-state index in [1.54, 1.807) is 146 Å². The second-order valence-electron chi connectivity index (χ2n) is 23.1. The highest BCUT2D eigenvalue weighted by molar-refractivity contribution is 7.93. The van der Waals surface area contributed by atoms with Gasteiger partial charge < -0.3 is 9.80 Å². The molecule has 24 heteroatoms. The van der Waals surface area contributed by atoms with Gasteiger partial charge in [-0.15, -0.1) is 12.4 Å². The average molecular weight is 1390 g/mol. The summed E-state index contributed by atoms with van der Waals surface area (Å²) in [6, 6.07) is 63.4. The van der Waals surface area contributed by atoms with Crippen molar-refractivity contribution in [3.8, 4) is 0 Å². The van der Waals surface area contributed by atoms with Crippen molar-refractivity contribution in [1.29, 1.82) is 0 Å². The number of para-hydroxylation sites is 4. The normalized spacial score (nSPS) is 11.5. The minimum atomic E-state index is -3.72. The first-order valence-corrected chi connectivity index (χ1v) is 35.7. The van der Waals surface area contributed by atoms with Crippen molar-refractivity contribution in [3.63, 3.8) is 0 Å². The number of carbonyl (C=O) groups excluding carboxylic acids is 1. The van der Waals surface area contributed by atoms with Crippen LogP contribution < -0.4 is 18.9 Å².